The highest BCUT2D eigenvalue weighted by atomic mass is 16.5. The molecule has 2 rings (SSSR count). The zero-order valence-corrected chi connectivity index (χ0v) is 11.3. The molecule has 0 amide bonds. The topological polar surface area (TPSA) is 73.1 Å². The van der Waals surface area contributed by atoms with Crippen molar-refractivity contribution in [2.75, 3.05) is 7.11 Å². The van der Waals surface area contributed by atoms with Gasteiger partial charge in [0.1, 0.15) is 5.69 Å². The molecule has 0 bridgehead atoms. The van der Waals surface area contributed by atoms with Crippen molar-refractivity contribution in [2.45, 2.75) is 19.9 Å². The Morgan fingerprint density at radius 2 is 1.89 bits per heavy atom. The molecule has 1 atom stereocenters. The molecule has 5 nitrogen and oxygen atoms in total. The molecule has 0 aliphatic rings. The number of nitrogens with one attached hydrogen (secondary N) is 1. The predicted molar refractivity (Wildman–Crippen MR) is 73.7 cm³/mol. The molecule has 0 saturated carbocycles. The van der Waals surface area contributed by atoms with Gasteiger partial charge in [-0.2, -0.15) is 0 Å². The molecular weight excluding hydrogens is 240 g/mol. The lowest BCUT2D eigenvalue weighted by Gasteiger charge is -2.18. The van der Waals surface area contributed by atoms with Crippen LogP contribution in [0, 0.1) is 13.8 Å². The first kappa shape index (κ1) is 13.5. The number of hydrazine groups is 1. The number of ether oxygens (including phenoxy) is 1. The van der Waals surface area contributed by atoms with E-state index in [9.17, 15) is 0 Å². The minimum absolute atomic E-state index is 0.247. The summed E-state index contributed by atoms with van der Waals surface area (Å²) in [5.41, 5.74) is 6.93. The van der Waals surface area contributed by atoms with Crippen LogP contribution in [-0.2, 0) is 0 Å². The highest BCUT2D eigenvalue weighted by Crippen LogP contribution is 2.26. The molecule has 5 heteroatoms. The van der Waals surface area contributed by atoms with Gasteiger partial charge in [-0.3, -0.25) is 10.8 Å². The highest BCUT2D eigenvalue weighted by Gasteiger charge is 2.19. The van der Waals surface area contributed by atoms with E-state index in [-0.39, 0.29) is 6.04 Å². The van der Waals surface area contributed by atoms with Crippen molar-refractivity contribution in [3.05, 3.63) is 53.0 Å². The van der Waals surface area contributed by atoms with Crippen LogP contribution in [0.15, 0.2) is 30.6 Å². The lowest BCUT2D eigenvalue weighted by atomic mass is 9.99. The second kappa shape index (κ2) is 5.77. The Morgan fingerprint density at radius 1 is 1.16 bits per heavy atom. The van der Waals surface area contributed by atoms with E-state index in [1.165, 1.54) is 11.1 Å². The van der Waals surface area contributed by atoms with Crippen LogP contribution < -0.4 is 16.0 Å². The van der Waals surface area contributed by atoms with Crippen LogP contribution in [0.2, 0.25) is 0 Å². The summed E-state index contributed by atoms with van der Waals surface area (Å²) in [5.74, 6) is 6.15. The van der Waals surface area contributed by atoms with Gasteiger partial charge in [-0.25, -0.2) is 10.4 Å². The maximum atomic E-state index is 5.68. The number of benzene rings is 1. The van der Waals surface area contributed by atoms with Crippen molar-refractivity contribution in [3.8, 4) is 5.88 Å². The van der Waals surface area contributed by atoms with Gasteiger partial charge in [0.15, 0.2) is 0 Å². The first-order valence-electron chi connectivity index (χ1n) is 6.05. The third-order valence-corrected chi connectivity index (χ3v) is 3.19. The van der Waals surface area contributed by atoms with Crippen LogP contribution in [0.5, 0.6) is 5.88 Å². The lowest BCUT2D eigenvalue weighted by Crippen LogP contribution is -2.30. The molecule has 0 aliphatic heterocycles. The quantitative estimate of drug-likeness (QED) is 0.644. The Morgan fingerprint density at radius 3 is 2.53 bits per heavy atom. The molecule has 2 aromatic rings. The fourth-order valence-electron chi connectivity index (χ4n) is 1.97. The number of rotatable bonds is 4. The molecule has 19 heavy (non-hydrogen) atoms. The third-order valence-electron chi connectivity index (χ3n) is 3.19. The van der Waals surface area contributed by atoms with E-state index in [2.05, 4.69) is 41.4 Å². The first-order valence-corrected chi connectivity index (χ1v) is 6.05. The minimum atomic E-state index is -0.247. The standard InChI is InChI=1S/C14H18N4O/c1-9-4-5-11(8-10(9)2)12(18-15)13-14(19-3)17-7-6-16-13/h4-8,12,18H,15H2,1-3H3. The maximum Gasteiger partial charge on any atom is 0.237 e. The van der Waals surface area contributed by atoms with E-state index in [0.717, 1.165) is 5.56 Å². The SMILES string of the molecule is COc1nccnc1C(NN)c1ccc(C)c(C)c1. The van der Waals surface area contributed by atoms with Gasteiger partial charge in [0.2, 0.25) is 5.88 Å². The van der Waals surface area contributed by atoms with E-state index in [0.29, 0.717) is 11.6 Å². The van der Waals surface area contributed by atoms with Crippen molar-refractivity contribution in [1.29, 1.82) is 0 Å². The van der Waals surface area contributed by atoms with Crippen LogP contribution in [0.1, 0.15) is 28.4 Å². The van der Waals surface area contributed by atoms with Crippen LogP contribution in [0.25, 0.3) is 0 Å². The number of aromatic nitrogens is 2. The Labute approximate surface area is 112 Å². The monoisotopic (exact) mass is 258 g/mol. The van der Waals surface area contributed by atoms with Crippen LogP contribution >= 0.6 is 0 Å². The summed E-state index contributed by atoms with van der Waals surface area (Å²) in [6.45, 7) is 4.15. The number of hydrogen-bond donors (Lipinski definition) is 2. The lowest BCUT2D eigenvalue weighted by molar-refractivity contribution is 0.383. The molecule has 1 heterocycles. The first-order chi connectivity index (χ1) is 9.17. The van der Waals surface area contributed by atoms with E-state index < -0.39 is 0 Å². The second-order valence-corrected chi connectivity index (χ2v) is 4.39. The third kappa shape index (κ3) is 2.72. The molecule has 0 spiro atoms. The number of hydrogen-bond acceptors (Lipinski definition) is 5. The summed E-state index contributed by atoms with van der Waals surface area (Å²) >= 11 is 0. The Bertz CT molecular complexity index is 571. The van der Waals surface area contributed by atoms with E-state index >= 15 is 0 Å². The highest BCUT2D eigenvalue weighted by molar-refractivity contribution is 5.37. The molecule has 0 aliphatic carbocycles. The maximum absolute atomic E-state index is 5.68. The average molecular weight is 258 g/mol. The van der Waals surface area contributed by atoms with Gasteiger partial charge in [-0.1, -0.05) is 18.2 Å². The van der Waals surface area contributed by atoms with Crippen molar-refractivity contribution < 1.29 is 4.74 Å². The van der Waals surface area contributed by atoms with Gasteiger partial charge in [0.05, 0.1) is 13.2 Å². The zero-order chi connectivity index (χ0) is 13.8. The Balaban J connectivity index is 2.46. The van der Waals surface area contributed by atoms with Crippen LogP contribution in [0.4, 0.5) is 0 Å². The minimum Gasteiger partial charge on any atom is -0.480 e. The van der Waals surface area contributed by atoms with Crippen molar-refractivity contribution >= 4 is 0 Å². The fourth-order valence-corrected chi connectivity index (χ4v) is 1.97. The molecular formula is C14H18N4O. The summed E-state index contributed by atoms with van der Waals surface area (Å²) in [7, 11) is 1.57. The average Bonchev–Trinajstić information content (AvgIpc) is 2.44. The van der Waals surface area contributed by atoms with Gasteiger partial charge in [0.25, 0.3) is 0 Å². The molecule has 1 unspecified atom stereocenters. The summed E-state index contributed by atoms with van der Waals surface area (Å²) in [5, 5.41) is 0. The van der Waals surface area contributed by atoms with Crippen molar-refractivity contribution in [1.82, 2.24) is 15.4 Å². The largest absolute Gasteiger partial charge is 0.480 e. The number of methoxy groups -OCH3 is 1. The molecule has 0 fully saturated rings. The molecule has 1 aromatic heterocycles. The van der Waals surface area contributed by atoms with Gasteiger partial charge >= 0.3 is 0 Å². The van der Waals surface area contributed by atoms with Crippen LogP contribution in [-0.4, -0.2) is 17.1 Å². The summed E-state index contributed by atoms with van der Waals surface area (Å²) < 4.78 is 5.23. The smallest absolute Gasteiger partial charge is 0.237 e. The number of nitrogens with zero attached hydrogens (tertiary/aromatic N) is 2. The molecule has 0 radical (unpaired) electrons. The van der Waals surface area contributed by atoms with Crippen molar-refractivity contribution in [2.24, 2.45) is 5.84 Å². The molecule has 0 saturated heterocycles. The van der Waals surface area contributed by atoms with Gasteiger partial charge in [0, 0.05) is 12.4 Å². The normalized spacial score (nSPS) is 12.2. The molecule has 100 valence electrons. The van der Waals surface area contributed by atoms with E-state index in [1.807, 2.05) is 6.07 Å². The summed E-state index contributed by atoms with van der Waals surface area (Å²) in [6.07, 6.45) is 3.22. The Hall–Kier alpha value is -1.98. The number of nitrogens with two attached hydrogens (primary N) is 1. The van der Waals surface area contributed by atoms with E-state index in [4.69, 9.17) is 10.6 Å². The van der Waals surface area contributed by atoms with Gasteiger partial charge < -0.3 is 4.74 Å². The molecule has 3 N–H and O–H groups in total. The van der Waals surface area contributed by atoms with Gasteiger partial charge in [-0.15, -0.1) is 0 Å². The Kier molecular flexibility index (Phi) is 4.09. The van der Waals surface area contributed by atoms with Crippen molar-refractivity contribution in [3.63, 3.8) is 0 Å². The number of aryl methyl sites for hydroxylation is 2. The zero-order valence-electron chi connectivity index (χ0n) is 11.3. The van der Waals surface area contributed by atoms with Gasteiger partial charge in [-0.05, 0) is 30.5 Å². The predicted octanol–water partition coefficient (Wildman–Crippen LogP) is 1.65. The fraction of sp³-hybridized carbons (Fsp3) is 0.286. The summed E-state index contributed by atoms with van der Waals surface area (Å²) in [6, 6.07) is 5.94. The molecule has 1 aromatic carbocycles. The van der Waals surface area contributed by atoms with Crippen LogP contribution in [0.3, 0.4) is 0 Å². The van der Waals surface area contributed by atoms with E-state index in [1.54, 1.807) is 19.5 Å². The summed E-state index contributed by atoms with van der Waals surface area (Å²) in [4.78, 5) is 8.47. The second-order valence-electron chi connectivity index (χ2n) is 4.39.